The molecule has 0 aliphatic carbocycles. The van der Waals surface area contributed by atoms with Crippen LogP contribution in [0.25, 0.3) is 0 Å². The molecule has 0 amide bonds. The molecule has 0 aliphatic heterocycles. The van der Waals surface area contributed by atoms with Crippen molar-refractivity contribution >= 4 is 11.3 Å². The zero-order chi connectivity index (χ0) is 10.7. The number of nitrogens with zero attached hydrogens (tertiary/aromatic N) is 2. The van der Waals surface area contributed by atoms with Gasteiger partial charge in [0.2, 0.25) is 0 Å². The number of aryl methyl sites for hydroxylation is 1. The lowest BCUT2D eigenvalue weighted by molar-refractivity contribution is 0.713. The van der Waals surface area contributed by atoms with E-state index in [1.54, 1.807) is 17.5 Å². The van der Waals surface area contributed by atoms with Crippen molar-refractivity contribution in [2.45, 2.75) is 19.4 Å². The third kappa shape index (κ3) is 2.61. The molecule has 2 aromatic rings. The molecule has 0 saturated heterocycles. The van der Waals surface area contributed by atoms with Crippen molar-refractivity contribution < 1.29 is 0 Å². The highest BCUT2D eigenvalue weighted by Gasteiger charge is 2.08. The minimum atomic E-state index is -0.00995. The van der Waals surface area contributed by atoms with Crippen molar-refractivity contribution in [1.29, 1.82) is 0 Å². The fourth-order valence-corrected chi connectivity index (χ4v) is 2.03. The van der Waals surface area contributed by atoms with Gasteiger partial charge in [-0.15, -0.1) is 11.3 Å². The SMILES string of the molecule is Cc1ccc(C(N)Cc2nccs2)cn1. The Labute approximate surface area is 93.0 Å². The lowest BCUT2D eigenvalue weighted by Gasteiger charge is -2.09. The molecule has 0 bridgehead atoms. The fraction of sp³-hybridized carbons (Fsp3) is 0.273. The van der Waals surface area contributed by atoms with Crippen molar-refractivity contribution in [1.82, 2.24) is 9.97 Å². The van der Waals surface area contributed by atoms with Crippen LogP contribution in [0.15, 0.2) is 29.9 Å². The Morgan fingerprint density at radius 1 is 1.40 bits per heavy atom. The molecule has 0 fully saturated rings. The Morgan fingerprint density at radius 3 is 2.87 bits per heavy atom. The molecule has 0 aliphatic rings. The van der Waals surface area contributed by atoms with Crippen LogP contribution < -0.4 is 5.73 Å². The number of hydrogen-bond acceptors (Lipinski definition) is 4. The first kappa shape index (κ1) is 10.3. The van der Waals surface area contributed by atoms with Gasteiger partial charge in [0.15, 0.2) is 0 Å². The smallest absolute Gasteiger partial charge is 0.0943 e. The summed E-state index contributed by atoms with van der Waals surface area (Å²) in [5.74, 6) is 0. The minimum absolute atomic E-state index is 0.00995. The van der Waals surface area contributed by atoms with Crippen LogP contribution in [0.3, 0.4) is 0 Å². The minimum Gasteiger partial charge on any atom is -0.324 e. The van der Waals surface area contributed by atoms with Crippen LogP contribution in [0, 0.1) is 6.92 Å². The molecule has 3 nitrogen and oxygen atoms in total. The third-order valence-electron chi connectivity index (χ3n) is 2.24. The van der Waals surface area contributed by atoms with Gasteiger partial charge in [0.05, 0.1) is 5.01 Å². The van der Waals surface area contributed by atoms with Gasteiger partial charge in [-0.2, -0.15) is 0 Å². The van der Waals surface area contributed by atoms with Gasteiger partial charge in [0.1, 0.15) is 0 Å². The summed E-state index contributed by atoms with van der Waals surface area (Å²) in [6, 6.07) is 4.00. The van der Waals surface area contributed by atoms with Crippen LogP contribution in [0.2, 0.25) is 0 Å². The molecule has 4 heteroatoms. The van der Waals surface area contributed by atoms with E-state index < -0.39 is 0 Å². The first-order valence-corrected chi connectivity index (χ1v) is 5.70. The average Bonchev–Trinajstić information content (AvgIpc) is 2.71. The van der Waals surface area contributed by atoms with Crippen molar-refractivity contribution in [2.75, 3.05) is 0 Å². The molecule has 2 aromatic heterocycles. The van der Waals surface area contributed by atoms with Gasteiger partial charge in [-0.1, -0.05) is 6.07 Å². The normalized spacial score (nSPS) is 12.7. The Balaban J connectivity index is 2.08. The molecule has 0 saturated carbocycles. The van der Waals surface area contributed by atoms with E-state index in [1.165, 1.54) is 0 Å². The summed E-state index contributed by atoms with van der Waals surface area (Å²) in [6.45, 7) is 1.97. The monoisotopic (exact) mass is 219 g/mol. The van der Waals surface area contributed by atoms with Gasteiger partial charge in [-0.3, -0.25) is 4.98 Å². The molecule has 2 heterocycles. The van der Waals surface area contributed by atoms with E-state index in [9.17, 15) is 0 Å². The average molecular weight is 219 g/mol. The van der Waals surface area contributed by atoms with E-state index in [2.05, 4.69) is 9.97 Å². The van der Waals surface area contributed by atoms with Crippen LogP contribution in [0.4, 0.5) is 0 Å². The summed E-state index contributed by atoms with van der Waals surface area (Å²) in [5.41, 5.74) is 8.14. The van der Waals surface area contributed by atoms with E-state index in [-0.39, 0.29) is 6.04 Å². The zero-order valence-corrected chi connectivity index (χ0v) is 9.37. The predicted molar refractivity (Wildman–Crippen MR) is 61.7 cm³/mol. The molecule has 0 radical (unpaired) electrons. The molecule has 78 valence electrons. The Bertz CT molecular complexity index is 408. The van der Waals surface area contributed by atoms with E-state index in [0.717, 1.165) is 22.7 Å². The van der Waals surface area contributed by atoms with Crippen molar-refractivity contribution in [3.05, 3.63) is 46.2 Å². The first-order valence-electron chi connectivity index (χ1n) is 4.82. The number of thiazole rings is 1. The van der Waals surface area contributed by atoms with Crippen LogP contribution in [0.1, 0.15) is 22.3 Å². The summed E-state index contributed by atoms with van der Waals surface area (Å²) in [4.78, 5) is 8.45. The largest absolute Gasteiger partial charge is 0.324 e. The number of nitrogens with two attached hydrogens (primary N) is 1. The lowest BCUT2D eigenvalue weighted by Crippen LogP contribution is -2.13. The highest BCUT2D eigenvalue weighted by atomic mass is 32.1. The fourth-order valence-electron chi connectivity index (χ4n) is 1.36. The molecule has 2 N–H and O–H groups in total. The predicted octanol–water partition coefficient (Wildman–Crippen LogP) is 2.09. The topological polar surface area (TPSA) is 51.8 Å². The highest BCUT2D eigenvalue weighted by molar-refractivity contribution is 7.09. The maximum atomic E-state index is 6.06. The molecular weight excluding hydrogens is 206 g/mol. The van der Waals surface area contributed by atoms with Gasteiger partial charge in [0.25, 0.3) is 0 Å². The Hall–Kier alpha value is -1.26. The molecule has 1 atom stereocenters. The van der Waals surface area contributed by atoms with Gasteiger partial charge >= 0.3 is 0 Å². The summed E-state index contributed by atoms with van der Waals surface area (Å²) in [5, 5.41) is 3.04. The molecule has 2 rings (SSSR count). The van der Waals surface area contributed by atoms with E-state index in [1.807, 2.05) is 30.6 Å². The molecule has 1 unspecified atom stereocenters. The second-order valence-electron chi connectivity index (χ2n) is 3.47. The zero-order valence-electron chi connectivity index (χ0n) is 8.55. The summed E-state index contributed by atoms with van der Waals surface area (Å²) >= 11 is 1.64. The second kappa shape index (κ2) is 4.51. The highest BCUT2D eigenvalue weighted by Crippen LogP contribution is 2.16. The number of hydrogen-bond donors (Lipinski definition) is 1. The summed E-state index contributed by atoms with van der Waals surface area (Å²) in [7, 11) is 0. The van der Waals surface area contributed by atoms with Crippen molar-refractivity contribution in [3.8, 4) is 0 Å². The number of rotatable bonds is 3. The number of pyridine rings is 1. The molecule has 0 spiro atoms. The maximum Gasteiger partial charge on any atom is 0.0943 e. The lowest BCUT2D eigenvalue weighted by atomic mass is 10.1. The summed E-state index contributed by atoms with van der Waals surface area (Å²) < 4.78 is 0. The standard InChI is InChI=1S/C11H13N3S/c1-8-2-3-9(7-14-8)10(12)6-11-13-4-5-15-11/h2-5,7,10H,6,12H2,1H3. The van der Waals surface area contributed by atoms with E-state index in [0.29, 0.717) is 0 Å². The third-order valence-corrected chi connectivity index (χ3v) is 3.04. The molecule has 15 heavy (non-hydrogen) atoms. The maximum absolute atomic E-state index is 6.06. The van der Waals surface area contributed by atoms with Gasteiger partial charge in [-0.05, 0) is 18.6 Å². The quantitative estimate of drug-likeness (QED) is 0.860. The first-order chi connectivity index (χ1) is 7.25. The van der Waals surface area contributed by atoms with E-state index in [4.69, 9.17) is 5.73 Å². The van der Waals surface area contributed by atoms with Gasteiger partial charge < -0.3 is 5.73 Å². The van der Waals surface area contributed by atoms with Gasteiger partial charge in [0, 0.05) is 35.9 Å². The van der Waals surface area contributed by atoms with E-state index >= 15 is 0 Å². The number of aromatic nitrogens is 2. The van der Waals surface area contributed by atoms with Crippen LogP contribution in [-0.2, 0) is 6.42 Å². The van der Waals surface area contributed by atoms with Crippen molar-refractivity contribution in [2.24, 2.45) is 5.73 Å². The van der Waals surface area contributed by atoms with Crippen molar-refractivity contribution in [3.63, 3.8) is 0 Å². The van der Waals surface area contributed by atoms with Crippen LogP contribution in [0.5, 0.6) is 0 Å². The molecular formula is C11H13N3S. The summed E-state index contributed by atoms with van der Waals surface area (Å²) in [6.07, 6.45) is 4.43. The Morgan fingerprint density at radius 2 is 2.27 bits per heavy atom. The Kier molecular flexibility index (Phi) is 3.08. The second-order valence-corrected chi connectivity index (χ2v) is 4.45. The van der Waals surface area contributed by atoms with Crippen LogP contribution >= 0.6 is 11.3 Å². The van der Waals surface area contributed by atoms with Crippen LogP contribution in [-0.4, -0.2) is 9.97 Å². The van der Waals surface area contributed by atoms with Gasteiger partial charge in [-0.25, -0.2) is 4.98 Å². The molecule has 0 aromatic carbocycles.